The molecule has 0 radical (unpaired) electrons. The second-order valence-electron chi connectivity index (χ2n) is 7.58. The number of rotatable bonds is 6. The number of carbonyl (C=O) groups excluding carboxylic acids is 1. The average Bonchev–Trinajstić information content (AvgIpc) is 3.14. The molecule has 8 nitrogen and oxygen atoms in total. The number of aromatic nitrogens is 2. The number of hydrogen-bond acceptors (Lipinski definition) is 7. The van der Waals surface area contributed by atoms with Gasteiger partial charge in [-0.05, 0) is 19.4 Å². The van der Waals surface area contributed by atoms with Crippen molar-refractivity contribution in [3.63, 3.8) is 0 Å². The quantitative estimate of drug-likeness (QED) is 0.548. The Hall–Kier alpha value is -2.90. The van der Waals surface area contributed by atoms with E-state index in [9.17, 15) is 31.9 Å². The van der Waals surface area contributed by atoms with E-state index in [1.165, 1.54) is 0 Å². The number of carbonyl (C=O) groups is 1. The fourth-order valence-corrected chi connectivity index (χ4v) is 3.55. The van der Waals surface area contributed by atoms with Crippen molar-refractivity contribution in [1.82, 2.24) is 9.97 Å². The van der Waals surface area contributed by atoms with E-state index in [2.05, 4.69) is 15.3 Å². The van der Waals surface area contributed by atoms with E-state index < -0.39 is 66.2 Å². The van der Waals surface area contributed by atoms with Crippen molar-refractivity contribution in [1.29, 1.82) is 0 Å². The van der Waals surface area contributed by atoms with Gasteiger partial charge in [0.2, 0.25) is 5.82 Å². The third-order valence-corrected chi connectivity index (χ3v) is 5.31. The first-order valence-corrected chi connectivity index (χ1v) is 9.60. The van der Waals surface area contributed by atoms with Gasteiger partial charge in [-0.1, -0.05) is 6.07 Å². The predicted octanol–water partition coefficient (Wildman–Crippen LogP) is 2.62. The van der Waals surface area contributed by atoms with Crippen LogP contribution in [0.15, 0.2) is 24.5 Å². The Balaban J connectivity index is 1.95. The topological polar surface area (TPSA) is 114 Å². The van der Waals surface area contributed by atoms with Gasteiger partial charge in [-0.2, -0.15) is 17.6 Å². The Morgan fingerprint density at radius 1 is 1.33 bits per heavy atom. The largest absolute Gasteiger partial charge is 0.493 e. The molecule has 4 atom stereocenters. The number of alkyl halides is 3. The minimum Gasteiger partial charge on any atom is -0.493 e. The van der Waals surface area contributed by atoms with Gasteiger partial charge in [-0.25, -0.2) is 14.4 Å². The zero-order chi connectivity index (χ0) is 24.6. The number of aliphatic hydroxyl groups excluding tert-OH is 2. The summed E-state index contributed by atoms with van der Waals surface area (Å²) in [5.74, 6) is -5.78. The zero-order valence-corrected chi connectivity index (χ0v) is 17.4. The fraction of sp³-hybridized carbons (Fsp3) is 0.450. The Morgan fingerprint density at radius 2 is 1.97 bits per heavy atom. The maximum Gasteiger partial charge on any atom is 0.417 e. The van der Waals surface area contributed by atoms with E-state index in [1.807, 2.05) is 0 Å². The monoisotopic (exact) mass is 477 g/mol. The maximum atomic E-state index is 14.2. The van der Waals surface area contributed by atoms with E-state index in [1.54, 1.807) is 0 Å². The van der Waals surface area contributed by atoms with Crippen molar-refractivity contribution >= 4 is 11.6 Å². The number of methoxy groups -OCH3 is 1. The van der Waals surface area contributed by atoms with Gasteiger partial charge in [0.1, 0.15) is 12.2 Å². The lowest BCUT2D eigenvalue weighted by Crippen LogP contribution is -2.43. The molecule has 3 rings (SSSR count). The van der Waals surface area contributed by atoms with Crippen LogP contribution < -0.4 is 10.1 Å². The van der Waals surface area contributed by atoms with Crippen LogP contribution in [0.25, 0.3) is 0 Å². The van der Waals surface area contributed by atoms with Gasteiger partial charge in [-0.15, -0.1) is 0 Å². The Kier molecular flexibility index (Phi) is 6.86. The standard InChI is InChI=1S/C20H20F5N3O5/c1-19(20(23,24)25)5-11(10-3-4-12(21)14(22)15(10)32-2)16(33-19)18(31)28-9-6-26-17(27-7-9)13(30)8-29/h3-4,6-7,11,13,16,29-30H,5,8H2,1-2H3,(H,28,31). The molecule has 180 valence electrons. The molecule has 1 aromatic carbocycles. The lowest BCUT2D eigenvalue weighted by atomic mass is 9.85. The first-order valence-electron chi connectivity index (χ1n) is 9.60. The minimum absolute atomic E-state index is 0.0332. The SMILES string of the molecule is COc1c(C2CC(C)(C(F)(F)F)OC2C(=O)Nc2cnc(C(O)CO)nc2)ccc(F)c1F. The number of halogens is 5. The van der Waals surface area contributed by atoms with Gasteiger partial charge >= 0.3 is 6.18 Å². The number of amides is 1. The Bertz CT molecular complexity index is 1020. The van der Waals surface area contributed by atoms with Gasteiger partial charge in [0, 0.05) is 11.5 Å². The van der Waals surface area contributed by atoms with Crippen LogP contribution in [0.2, 0.25) is 0 Å². The van der Waals surface area contributed by atoms with Crippen molar-refractivity contribution in [3.8, 4) is 5.75 Å². The molecule has 1 amide bonds. The smallest absolute Gasteiger partial charge is 0.417 e. The fourth-order valence-electron chi connectivity index (χ4n) is 3.55. The summed E-state index contributed by atoms with van der Waals surface area (Å²) in [6, 6.07) is 1.77. The van der Waals surface area contributed by atoms with Crippen molar-refractivity contribution in [3.05, 3.63) is 47.5 Å². The molecule has 1 aliphatic heterocycles. The summed E-state index contributed by atoms with van der Waals surface area (Å²) in [7, 11) is 1.02. The van der Waals surface area contributed by atoms with Gasteiger partial charge in [0.25, 0.3) is 5.91 Å². The van der Waals surface area contributed by atoms with Crippen LogP contribution in [-0.2, 0) is 9.53 Å². The molecule has 1 aromatic heterocycles. The normalized spacial score (nSPS) is 23.9. The summed E-state index contributed by atoms with van der Waals surface area (Å²) < 4.78 is 79.0. The number of benzene rings is 1. The van der Waals surface area contributed by atoms with E-state index in [0.717, 1.165) is 38.6 Å². The van der Waals surface area contributed by atoms with E-state index in [-0.39, 0.29) is 17.1 Å². The summed E-state index contributed by atoms with van der Waals surface area (Å²) in [6.07, 6.45) is -6.58. The van der Waals surface area contributed by atoms with Crippen molar-refractivity contribution < 1.29 is 46.4 Å². The highest BCUT2D eigenvalue weighted by atomic mass is 19.4. The second kappa shape index (κ2) is 9.15. The van der Waals surface area contributed by atoms with Gasteiger partial charge in [0.05, 0.1) is 31.8 Å². The van der Waals surface area contributed by atoms with Crippen LogP contribution >= 0.6 is 0 Å². The van der Waals surface area contributed by atoms with Crippen LogP contribution in [-0.4, -0.2) is 57.7 Å². The summed E-state index contributed by atoms with van der Waals surface area (Å²) in [4.78, 5) is 20.4. The van der Waals surface area contributed by atoms with Gasteiger partial charge in [-0.3, -0.25) is 4.79 Å². The van der Waals surface area contributed by atoms with E-state index in [4.69, 9.17) is 14.6 Å². The van der Waals surface area contributed by atoms with Gasteiger partial charge < -0.3 is 25.0 Å². The molecule has 1 aliphatic rings. The third kappa shape index (κ3) is 4.75. The maximum absolute atomic E-state index is 14.2. The summed E-state index contributed by atoms with van der Waals surface area (Å²) in [5, 5.41) is 20.7. The second-order valence-corrected chi connectivity index (χ2v) is 7.58. The highest BCUT2D eigenvalue weighted by molar-refractivity contribution is 5.95. The van der Waals surface area contributed by atoms with Crippen molar-refractivity contribution in [2.24, 2.45) is 0 Å². The highest BCUT2D eigenvalue weighted by Gasteiger charge is 2.61. The molecule has 3 N–H and O–H groups in total. The number of ether oxygens (including phenoxy) is 2. The Labute approximate surface area is 184 Å². The number of aliphatic hydroxyl groups is 2. The van der Waals surface area contributed by atoms with Crippen LogP contribution in [0.3, 0.4) is 0 Å². The molecule has 2 heterocycles. The average molecular weight is 477 g/mol. The molecule has 1 saturated heterocycles. The van der Waals surface area contributed by atoms with Crippen molar-refractivity contribution in [2.75, 3.05) is 19.0 Å². The molecule has 1 fully saturated rings. The number of anilines is 1. The van der Waals surface area contributed by atoms with Crippen LogP contribution in [0, 0.1) is 11.6 Å². The van der Waals surface area contributed by atoms with Gasteiger partial charge in [0.15, 0.2) is 23.0 Å². The molecule has 13 heteroatoms. The molecule has 2 aromatic rings. The predicted molar refractivity (Wildman–Crippen MR) is 102 cm³/mol. The van der Waals surface area contributed by atoms with Crippen LogP contribution in [0.4, 0.5) is 27.6 Å². The molecule has 0 bridgehead atoms. The molecule has 0 saturated carbocycles. The summed E-state index contributed by atoms with van der Waals surface area (Å²) in [5.41, 5.74) is -2.95. The summed E-state index contributed by atoms with van der Waals surface area (Å²) >= 11 is 0. The molecule has 33 heavy (non-hydrogen) atoms. The molecule has 4 unspecified atom stereocenters. The molecule has 0 spiro atoms. The molecule has 0 aliphatic carbocycles. The summed E-state index contributed by atoms with van der Waals surface area (Å²) in [6.45, 7) is 0.114. The highest BCUT2D eigenvalue weighted by Crippen LogP contribution is 2.51. The van der Waals surface area contributed by atoms with Crippen LogP contribution in [0.1, 0.15) is 36.8 Å². The molecular weight excluding hydrogens is 457 g/mol. The lowest BCUT2D eigenvalue weighted by molar-refractivity contribution is -0.261. The Morgan fingerprint density at radius 3 is 2.52 bits per heavy atom. The van der Waals surface area contributed by atoms with E-state index >= 15 is 0 Å². The number of hydrogen-bond donors (Lipinski definition) is 3. The first-order chi connectivity index (χ1) is 15.4. The van der Waals surface area contributed by atoms with Crippen LogP contribution in [0.5, 0.6) is 5.75 Å². The van der Waals surface area contributed by atoms with Crippen molar-refractivity contribution in [2.45, 2.75) is 43.2 Å². The first kappa shape index (κ1) is 24.7. The third-order valence-electron chi connectivity index (χ3n) is 5.31. The number of nitrogens with one attached hydrogen (secondary N) is 1. The number of nitrogens with zero attached hydrogens (tertiary/aromatic N) is 2. The lowest BCUT2D eigenvalue weighted by Gasteiger charge is -2.27. The zero-order valence-electron chi connectivity index (χ0n) is 17.4. The molecular formula is C20H20F5N3O5. The van der Waals surface area contributed by atoms with E-state index in [0.29, 0.717) is 0 Å². The minimum atomic E-state index is -4.86.